The summed E-state index contributed by atoms with van der Waals surface area (Å²) in [5.74, 6) is -0.980. The molecule has 0 aliphatic heterocycles. The highest BCUT2D eigenvalue weighted by molar-refractivity contribution is 9.10. The van der Waals surface area contributed by atoms with Gasteiger partial charge in [0.05, 0.1) is 11.3 Å². The first kappa shape index (κ1) is 17.1. The predicted octanol–water partition coefficient (Wildman–Crippen LogP) is 3.64. The van der Waals surface area contributed by atoms with Crippen molar-refractivity contribution in [3.63, 3.8) is 0 Å². The molecule has 1 atom stereocenters. The van der Waals surface area contributed by atoms with E-state index in [1.807, 2.05) is 26.0 Å². The summed E-state index contributed by atoms with van der Waals surface area (Å²) in [5, 5.41) is 2.72. The molecule has 120 valence electrons. The summed E-state index contributed by atoms with van der Waals surface area (Å²) in [4.78, 5) is 28.2. The Morgan fingerprint density at radius 1 is 1.22 bits per heavy atom. The van der Waals surface area contributed by atoms with Crippen LogP contribution >= 0.6 is 15.9 Å². The van der Waals surface area contributed by atoms with E-state index in [4.69, 9.17) is 4.74 Å². The van der Waals surface area contributed by atoms with Gasteiger partial charge in [-0.1, -0.05) is 6.07 Å². The zero-order chi connectivity index (χ0) is 17.0. The van der Waals surface area contributed by atoms with E-state index in [0.29, 0.717) is 11.3 Å². The standard InChI is InChI=1S/C17H17BrN2O3/c1-10-4-7-15(14(18)8-10)20-16(21)12(3)23-17(22)13-6-5-11(2)19-9-13/h4-9,12H,1-3H3,(H,20,21). The Morgan fingerprint density at radius 3 is 2.57 bits per heavy atom. The van der Waals surface area contributed by atoms with Crippen LogP contribution in [-0.2, 0) is 9.53 Å². The number of hydrogen-bond acceptors (Lipinski definition) is 4. The van der Waals surface area contributed by atoms with Crippen molar-refractivity contribution < 1.29 is 14.3 Å². The van der Waals surface area contributed by atoms with Crippen LogP contribution in [0.15, 0.2) is 41.0 Å². The molecule has 0 saturated heterocycles. The van der Waals surface area contributed by atoms with Crippen LogP contribution in [0.2, 0.25) is 0 Å². The summed E-state index contributed by atoms with van der Waals surface area (Å²) >= 11 is 3.39. The number of benzene rings is 1. The highest BCUT2D eigenvalue weighted by atomic mass is 79.9. The number of rotatable bonds is 4. The van der Waals surface area contributed by atoms with Crippen LogP contribution in [0, 0.1) is 13.8 Å². The number of aromatic nitrogens is 1. The molecule has 5 nitrogen and oxygen atoms in total. The van der Waals surface area contributed by atoms with Gasteiger partial charge >= 0.3 is 5.97 Å². The van der Waals surface area contributed by atoms with Gasteiger partial charge in [-0.15, -0.1) is 0 Å². The first-order valence-electron chi connectivity index (χ1n) is 7.07. The number of aryl methyl sites for hydroxylation is 2. The molecule has 0 aliphatic carbocycles. The van der Waals surface area contributed by atoms with Crippen LogP contribution in [0.25, 0.3) is 0 Å². The summed E-state index contributed by atoms with van der Waals surface area (Å²) in [6, 6.07) is 8.89. The van der Waals surface area contributed by atoms with Crippen molar-refractivity contribution in [2.45, 2.75) is 26.9 Å². The Kier molecular flexibility index (Phi) is 5.50. The smallest absolute Gasteiger partial charge is 0.340 e. The molecule has 1 amide bonds. The third kappa shape index (κ3) is 4.63. The van der Waals surface area contributed by atoms with Gasteiger partial charge in [0.1, 0.15) is 0 Å². The van der Waals surface area contributed by atoms with Crippen LogP contribution in [0.5, 0.6) is 0 Å². The normalized spacial score (nSPS) is 11.7. The van der Waals surface area contributed by atoms with Crippen molar-refractivity contribution in [3.8, 4) is 0 Å². The second-order valence-corrected chi connectivity index (χ2v) is 6.06. The molecular weight excluding hydrogens is 360 g/mol. The SMILES string of the molecule is Cc1ccc(NC(=O)C(C)OC(=O)c2ccc(C)nc2)c(Br)c1. The molecule has 1 aromatic carbocycles. The molecule has 0 bridgehead atoms. The zero-order valence-electron chi connectivity index (χ0n) is 13.1. The largest absolute Gasteiger partial charge is 0.449 e. The molecular formula is C17H17BrN2O3. The van der Waals surface area contributed by atoms with E-state index in [9.17, 15) is 9.59 Å². The molecule has 1 aromatic heterocycles. The monoisotopic (exact) mass is 376 g/mol. The van der Waals surface area contributed by atoms with Gasteiger partial charge < -0.3 is 10.1 Å². The lowest BCUT2D eigenvalue weighted by atomic mass is 10.2. The van der Waals surface area contributed by atoms with Gasteiger partial charge in [0, 0.05) is 16.4 Å². The number of nitrogens with one attached hydrogen (secondary N) is 1. The number of pyridine rings is 1. The van der Waals surface area contributed by atoms with Crippen LogP contribution in [0.4, 0.5) is 5.69 Å². The van der Waals surface area contributed by atoms with Crippen molar-refractivity contribution in [2.75, 3.05) is 5.32 Å². The van der Waals surface area contributed by atoms with Crippen molar-refractivity contribution >= 4 is 33.5 Å². The zero-order valence-corrected chi connectivity index (χ0v) is 14.7. The van der Waals surface area contributed by atoms with E-state index in [2.05, 4.69) is 26.2 Å². The summed E-state index contributed by atoms with van der Waals surface area (Å²) in [5.41, 5.74) is 2.81. The number of nitrogens with zero attached hydrogens (tertiary/aromatic N) is 1. The average molecular weight is 377 g/mol. The Bertz CT molecular complexity index is 729. The summed E-state index contributed by atoms with van der Waals surface area (Å²) in [6.45, 7) is 5.30. The minimum Gasteiger partial charge on any atom is -0.449 e. The molecule has 0 aliphatic rings. The lowest BCUT2D eigenvalue weighted by Gasteiger charge is -2.14. The molecule has 2 aromatic rings. The van der Waals surface area contributed by atoms with Gasteiger partial charge in [-0.3, -0.25) is 9.78 Å². The highest BCUT2D eigenvalue weighted by Crippen LogP contribution is 2.23. The van der Waals surface area contributed by atoms with Crippen molar-refractivity contribution in [1.82, 2.24) is 4.98 Å². The topological polar surface area (TPSA) is 68.3 Å². The number of esters is 1. The number of anilines is 1. The lowest BCUT2D eigenvalue weighted by Crippen LogP contribution is -2.30. The number of carbonyl (C=O) groups excluding carboxylic acids is 2. The Morgan fingerprint density at radius 2 is 1.96 bits per heavy atom. The van der Waals surface area contributed by atoms with E-state index in [-0.39, 0.29) is 0 Å². The van der Waals surface area contributed by atoms with Crippen LogP contribution in [0.3, 0.4) is 0 Å². The van der Waals surface area contributed by atoms with Crippen LogP contribution < -0.4 is 5.32 Å². The Balaban J connectivity index is 1.99. The molecule has 0 saturated carbocycles. The van der Waals surface area contributed by atoms with Gasteiger partial charge in [0.2, 0.25) is 0 Å². The second-order valence-electron chi connectivity index (χ2n) is 5.21. The fourth-order valence-electron chi connectivity index (χ4n) is 1.83. The van der Waals surface area contributed by atoms with E-state index in [1.165, 1.54) is 13.1 Å². The summed E-state index contributed by atoms with van der Waals surface area (Å²) in [6.07, 6.45) is 0.510. The van der Waals surface area contributed by atoms with Gasteiger partial charge in [-0.2, -0.15) is 0 Å². The van der Waals surface area contributed by atoms with Crippen molar-refractivity contribution in [3.05, 3.63) is 57.8 Å². The summed E-state index contributed by atoms with van der Waals surface area (Å²) < 4.78 is 5.94. The first-order chi connectivity index (χ1) is 10.9. The van der Waals surface area contributed by atoms with Crippen LogP contribution in [0.1, 0.15) is 28.5 Å². The quantitative estimate of drug-likeness (QED) is 0.826. The van der Waals surface area contributed by atoms with Gasteiger partial charge in [0.25, 0.3) is 5.91 Å². The summed E-state index contributed by atoms with van der Waals surface area (Å²) in [7, 11) is 0. The Hall–Kier alpha value is -2.21. The first-order valence-corrected chi connectivity index (χ1v) is 7.87. The number of amides is 1. The molecule has 6 heteroatoms. The number of hydrogen-bond donors (Lipinski definition) is 1. The predicted molar refractivity (Wildman–Crippen MR) is 91.4 cm³/mol. The minimum absolute atomic E-state index is 0.312. The molecule has 1 N–H and O–H groups in total. The molecule has 0 spiro atoms. The van der Waals surface area contributed by atoms with Crippen molar-refractivity contribution in [1.29, 1.82) is 0 Å². The highest BCUT2D eigenvalue weighted by Gasteiger charge is 2.19. The van der Waals surface area contributed by atoms with E-state index in [1.54, 1.807) is 18.2 Å². The van der Waals surface area contributed by atoms with Crippen LogP contribution in [-0.4, -0.2) is 23.0 Å². The van der Waals surface area contributed by atoms with Gasteiger partial charge in [-0.25, -0.2) is 4.79 Å². The van der Waals surface area contributed by atoms with E-state index in [0.717, 1.165) is 15.7 Å². The number of carbonyl (C=O) groups is 2. The maximum Gasteiger partial charge on any atom is 0.340 e. The Labute approximate surface area is 143 Å². The molecule has 2 rings (SSSR count). The van der Waals surface area contributed by atoms with Gasteiger partial charge in [-0.05, 0) is 66.5 Å². The molecule has 0 radical (unpaired) electrons. The van der Waals surface area contributed by atoms with Crippen molar-refractivity contribution in [2.24, 2.45) is 0 Å². The van der Waals surface area contributed by atoms with E-state index < -0.39 is 18.0 Å². The molecule has 23 heavy (non-hydrogen) atoms. The molecule has 0 fully saturated rings. The maximum absolute atomic E-state index is 12.1. The molecule has 1 heterocycles. The fourth-order valence-corrected chi connectivity index (χ4v) is 2.42. The average Bonchev–Trinajstić information content (AvgIpc) is 2.50. The number of ether oxygens (including phenoxy) is 1. The minimum atomic E-state index is -0.919. The fraction of sp³-hybridized carbons (Fsp3) is 0.235. The molecule has 1 unspecified atom stereocenters. The second kappa shape index (κ2) is 7.37. The third-order valence-corrected chi connectivity index (χ3v) is 3.84. The maximum atomic E-state index is 12.1. The van der Waals surface area contributed by atoms with E-state index >= 15 is 0 Å². The lowest BCUT2D eigenvalue weighted by molar-refractivity contribution is -0.123. The third-order valence-electron chi connectivity index (χ3n) is 3.18. The number of halogens is 1. The van der Waals surface area contributed by atoms with Gasteiger partial charge in [0.15, 0.2) is 6.10 Å².